The van der Waals surface area contributed by atoms with Crippen LogP contribution in [0.4, 0.5) is 20.3 Å². The number of carbonyl (C=O) groups is 2. The van der Waals surface area contributed by atoms with E-state index in [-0.39, 0.29) is 29.0 Å². The van der Waals surface area contributed by atoms with Gasteiger partial charge in [-0.15, -0.1) is 0 Å². The van der Waals surface area contributed by atoms with Gasteiger partial charge in [-0.3, -0.25) is 14.0 Å². The standard InChI is InChI=1S/C31H33F2N7O5S/c1-19-17-21(3-4-22(19)31(42)39-15-13-38(14-16-39)30(41)20-7-9-34-10-8-20)37-28-29-36-18-24(40(29)12-11-35-28)23-5-6-25(27(33)26(23)32)45-46(2,43)44/h3-6,11-12,17-18,20,34H,7-10,13-16H2,1-2H3,(H,35,37). The molecule has 0 saturated carbocycles. The molecule has 15 heteroatoms. The van der Waals surface area contributed by atoms with Gasteiger partial charge in [-0.1, -0.05) is 0 Å². The second kappa shape index (κ2) is 12.6. The van der Waals surface area contributed by atoms with Crippen LogP contribution in [0.1, 0.15) is 28.8 Å². The lowest BCUT2D eigenvalue weighted by Gasteiger charge is -2.37. The van der Waals surface area contributed by atoms with Gasteiger partial charge in [0, 0.05) is 61.3 Å². The van der Waals surface area contributed by atoms with E-state index in [2.05, 4.69) is 24.8 Å². The number of fused-ring (bicyclic) bond motifs is 1. The predicted molar refractivity (Wildman–Crippen MR) is 166 cm³/mol. The van der Waals surface area contributed by atoms with Gasteiger partial charge in [-0.05, 0) is 68.8 Å². The minimum Gasteiger partial charge on any atom is -0.379 e. The number of hydrogen-bond donors (Lipinski definition) is 2. The first-order valence-electron chi connectivity index (χ1n) is 14.9. The molecular weight excluding hydrogens is 620 g/mol. The molecule has 46 heavy (non-hydrogen) atoms. The fourth-order valence-corrected chi connectivity index (χ4v) is 6.36. The molecule has 0 unspecified atom stereocenters. The molecule has 0 atom stereocenters. The fraction of sp³-hybridized carbons (Fsp3) is 0.355. The van der Waals surface area contributed by atoms with Gasteiger partial charge in [0.2, 0.25) is 11.7 Å². The Morgan fingerprint density at radius 2 is 1.72 bits per heavy atom. The van der Waals surface area contributed by atoms with Gasteiger partial charge in [0.05, 0.1) is 18.1 Å². The number of aryl methyl sites for hydroxylation is 1. The summed E-state index contributed by atoms with van der Waals surface area (Å²) in [5.41, 5.74) is 2.31. The van der Waals surface area contributed by atoms with Crippen LogP contribution in [0.3, 0.4) is 0 Å². The molecule has 0 radical (unpaired) electrons. The summed E-state index contributed by atoms with van der Waals surface area (Å²) < 4.78 is 58.5. The van der Waals surface area contributed by atoms with Crippen LogP contribution >= 0.6 is 0 Å². The summed E-state index contributed by atoms with van der Waals surface area (Å²) in [5, 5.41) is 6.47. The highest BCUT2D eigenvalue weighted by Crippen LogP contribution is 2.32. The van der Waals surface area contributed by atoms with E-state index in [9.17, 15) is 22.4 Å². The van der Waals surface area contributed by atoms with E-state index >= 15 is 4.39 Å². The first kappa shape index (κ1) is 31.4. The fourth-order valence-electron chi connectivity index (χ4n) is 5.91. The number of piperazine rings is 1. The van der Waals surface area contributed by atoms with Crippen molar-refractivity contribution in [2.75, 3.05) is 50.8 Å². The molecule has 12 nitrogen and oxygen atoms in total. The van der Waals surface area contributed by atoms with E-state index in [1.807, 2.05) is 17.9 Å². The van der Waals surface area contributed by atoms with Crippen LogP contribution in [0.2, 0.25) is 0 Å². The molecule has 2 amide bonds. The van der Waals surface area contributed by atoms with Crippen LogP contribution in [0.15, 0.2) is 48.9 Å². The van der Waals surface area contributed by atoms with Gasteiger partial charge in [-0.2, -0.15) is 12.8 Å². The lowest BCUT2D eigenvalue weighted by molar-refractivity contribution is -0.137. The highest BCUT2D eigenvalue weighted by atomic mass is 32.2. The Morgan fingerprint density at radius 3 is 2.41 bits per heavy atom. The molecule has 2 aromatic heterocycles. The number of halogens is 2. The molecule has 0 aliphatic carbocycles. The van der Waals surface area contributed by atoms with Crippen molar-refractivity contribution >= 4 is 39.1 Å². The summed E-state index contributed by atoms with van der Waals surface area (Å²) in [6.07, 6.45) is 6.79. The van der Waals surface area contributed by atoms with E-state index in [1.165, 1.54) is 29.1 Å². The highest BCUT2D eigenvalue weighted by Gasteiger charge is 2.30. The Labute approximate surface area is 264 Å². The zero-order valence-corrected chi connectivity index (χ0v) is 26.1. The molecule has 2 aromatic carbocycles. The number of rotatable bonds is 7. The minimum absolute atomic E-state index is 0.0548. The quantitative estimate of drug-likeness (QED) is 0.288. The highest BCUT2D eigenvalue weighted by molar-refractivity contribution is 7.86. The van der Waals surface area contributed by atoms with Crippen molar-refractivity contribution in [1.82, 2.24) is 29.5 Å². The summed E-state index contributed by atoms with van der Waals surface area (Å²) in [4.78, 5) is 38.7. The normalized spacial score (nSPS) is 16.1. The zero-order chi connectivity index (χ0) is 32.6. The maximum atomic E-state index is 15.0. The van der Waals surface area contributed by atoms with Crippen molar-refractivity contribution in [3.8, 4) is 17.0 Å². The molecule has 4 aromatic rings. The number of imidazole rings is 1. The molecular formula is C31H33F2N7O5S. The Hall–Kier alpha value is -4.63. The number of carbonyl (C=O) groups excluding carboxylic acids is 2. The lowest BCUT2D eigenvalue weighted by atomic mass is 9.96. The van der Waals surface area contributed by atoms with Crippen LogP contribution in [-0.4, -0.2) is 89.9 Å². The number of nitrogens with zero attached hydrogens (tertiary/aromatic N) is 5. The molecule has 242 valence electrons. The Balaban J connectivity index is 1.15. The van der Waals surface area contributed by atoms with Gasteiger partial charge in [0.1, 0.15) is 0 Å². The molecule has 0 spiro atoms. The number of aromatic nitrogens is 3. The SMILES string of the molecule is Cc1cc(Nc2nccn3c(-c4ccc(OS(C)(=O)=O)c(F)c4F)cnc23)ccc1C(=O)N1CCN(C(=O)C2CCNCC2)CC1. The molecule has 2 fully saturated rings. The van der Waals surface area contributed by atoms with Crippen molar-refractivity contribution in [2.24, 2.45) is 5.92 Å². The van der Waals surface area contributed by atoms with Crippen molar-refractivity contribution < 1.29 is 31.0 Å². The Kier molecular flexibility index (Phi) is 8.61. The molecule has 2 aliphatic rings. The third-order valence-corrected chi connectivity index (χ3v) is 8.76. The van der Waals surface area contributed by atoms with Crippen LogP contribution in [0.25, 0.3) is 16.9 Å². The summed E-state index contributed by atoms with van der Waals surface area (Å²) in [6, 6.07) is 7.55. The van der Waals surface area contributed by atoms with E-state index in [0.29, 0.717) is 48.9 Å². The van der Waals surface area contributed by atoms with E-state index in [4.69, 9.17) is 0 Å². The maximum absolute atomic E-state index is 15.0. The van der Waals surface area contributed by atoms with Crippen LogP contribution in [0, 0.1) is 24.5 Å². The smallest absolute Gasteiger partial charge is 0.306 e. The maximum Gasteiger partial charge on any atom is 0.306 e. The van der Waals surface area contributed by atoms with E-state index in [0.717, 1.165) is 43.8 Å². The third kappa shape index (κ3) is 6.37. The number of anilines is 2. The van der Waals surface area contributed by atoms with Crippen LogP contribution in [-0.2, 0) is 14.9 Å². The summed E-state index contributed by atoms with van der Waals surface area (Å²) in [5.74, 6) is -3.01. The average molecular weight is 654 g/mol. The topological polar surface area (TPSA) is 138 Å². The molecule has 6 rings (SSSR count). The zero-order valence-electron chi connectivity index (χ0n) is 25.3. The second-order valence-electron chi connectivity index (χ2n) is 11.4. The first-order chi connectivity index (χ1) is 22.0. The van der Waals surface area contributed by atoms with Crippen molar-refractivity contribution in [3.63, 3.8) is 0 Å². The largest absolute Gasteiger partial charge is 0.379 e. The Bertz CT molecular complexity index is 1920. The number of amides is 2. The van der Waals surface area contributed by atoms with Crippen LogP contribution in [0.5, 0.6) is 5.75 Å². The van der Waals surface area contributed by atoms with Crippen LogP contribution < -0.4 is 14.8 Å². The number of hydrogen-bond acceptors (Lipinski definition) is 9. The predicted octanol–water partition coefficient (Wildman–Crippen LogP) is 3.35. The van der Waals surface area contributed by atoms with Crippen molar-refractivity contribution in [3.05, 3.63) is 71.7 Å². The monoisotopic (exact) mass is 653 g/mol. The minimum atomic E-state index is -4.05. The average Bonchev–Trinajstić information content (AvgIpc) is 3.48. The molecule has 2 saturated heterocycles. The summed E-state index contributed by atoms with van der Waals surface area (Å²) in [6.45, 7) is 5.53. The van der Waals surface area contributed by atoms with Crippen molar-refractivity contribution in [2.45, 2.75) is 19.8 Å². The summed E-state index contributed by atoms with van der Waals surface area (Å²) in [7, 11) is -4.05. The molecule has 2 aliphatic heterocycles. The number of piperidine rings is 1. The third-order valence-electron chi connectivity index (χ3n) is 8.28. The lowest BCUT2D eigenvalue weighted by Crippen LogP contribution is -2.52. The van der Waals surface area contributed by atoms with Gasteiger partial charge >= 0.3 is 10.1 Å². The van der Waals surface area contributed by atoms with Crippen molar-refractivity contribution in [1.29, 1.82) is 0 Å². The number of nitrogens with one attached hydrogen (secondary N) is 2. The first-order valence-corrected chi connectivity index (χ1v) is 16.7. The molecule has 4 heterocycles. The van der Waals surface area contributed by atoms with Gasteiger partial charge in [-0.25, -0.2) is 14.4 Å². The van der Waals surface area contributed by atoms with Gasteiger partial charge in [0.15, 0.2) is 23.0 Å². The van der Waals surface area contributed by atoms with Gasteiger partial charge < -0.3 is 24.6 Å². The molecule has 2 N–H and O–H groups in total. The van der Waals surface area contributed by atoms with Gasteiger partial charge in [0.25, 0.3) is 5.91 Å². The summed E-state index contributed by atoms with van der Waals surface area (Å²) >= 11 is 0. The number of benzene rings is 2. The van der Waals surface area contributed by atoms with E-state index < -0.39 is 27.5 Å². The second-order valence-corrected chi connectivity index (χ2v) is 13.0. The Morgan fingerprint density at radius 1 is 1.00 bits per heavy atom. The van der Waals surface area contributed by atoms with E-state index in [1.54, 1.807) is 17.0 Å². The molecule has 0 bridgehead atoms.